The molecule has 0 aromatic rings. The zero-order valence-electron chi connectivity index (χ0n) is 13.2. The molecule has 0 aromatic heterocycles. The summed E-state index contributed by atoms with van der Waals surface area (Å²) in [4.78, 5) is 2.44. The van der Waals surface area contributed by atoms with Gasteiger partial charge in [0.05, 0.1) is 29.5 Å². The first-order valence-electron chi connectivity index (χ1n) is 7.28. The lowest BCUT2D eigenvalue weighted by Crippen LogP contribution is -2.59. The van der Waals surface area contributed by atoms with Crippen molar-refractivity contribution in [2.45, 2.75) is 76.9 Å². The number of ether oxygens (including phenoxy) is 2. The van der Waals surface area contributed by atoms with E-state index in [0.29, 0.717) is 6.04 Å². The number of aliphatic hydroxyl groups is 1. The number of aliphatic hydroxyl groups excluding tert-OH is 1. The topological polar surface area (TPSA) is 41.9 Å². The molecule has 2 aliphatic rings. The van der Waals surface area contributed by atoms with Crippen LogP contribution in [-0.4, -0.2) is 58.7 Å². The Hall–Kier alpha value is -0.160. The summed E-state index contributed by atoms with van der Waals surface area (Å²) in [5.74, 6) is 0. The third-order valence-corrected chi connectivity index (χ3v) is 4.18. The molecule has 112 valence electrons. The summed E-state index contributed by atoms with van der Waals surface area (Å²) in [5, 5.41) is 9.43. The van der Waals surface area contributed by atoms with Crippen LogP contribution in [0.15, 0.2) is 0 Å². The standard InChI is InChI=1S/C15H29NO3/c1-13(2)7-12(15(5,6)19-13)16-8-11(9-17)18-14(3,4)10-16/h11-12,17H,7-10H2,1-6H3. The summed E-state index contributed by atoms with van der Waals surface area (Å²) >= 11 is 0. The number of hydrogen-bond acceptors (Lipinski definition) is 4. The van der Waals surface area contributed by atoms with Crippen molar-refractivity contribution in [3.63, 3.8) is 0 Å². The highest BCUT2D eigenvalue weighted by Crippen LogP contribution is 2.41. The van der Waals surface area contributed by atoms with Crippen LogP contribution in [0.2, 0.25) is 0 Å². The molecule has 2 aliphatic heterocycles. The highest BCUT2D eigenvalue weighted by Gasteiger charge is 2.50. The molecule has 2 rings (SSSR count). The van der Waals surface area contributed by atoms with Crippen molar-refractivity contribution in [1.82, 2.24) is 4.90 Å². The van der Waals surface area contributed by atoms with Crippen LogP contribution in [0, 0.1) is 0 Å². The second kappa shape index (κ2) is 4.69. The minimum Gasteiger partial charge on any atom is -0.394 e. The summed E-state index contributed by atoms with van der Waals surface area (Å²) in [6, 6.07) is 0.375. The normalized spacial score (nSPS) is 37.4. The average molecular weight is 271 g/mol. The molecule has 0 aliphatic carbocycles. The van der Waals surface area contributed by atoms with Crippen LogP contribution in [0.5, 0.6) is 0 Å². The van der Waals surface area contributed by atoms with E-state index in [9.17, 15) is 5.11 Å². The molecule has 2 heterocycles. The predicted octanol–water partition coefficient (Wildman–Crippen LogP) is 1.80. The van der Waals surface area contributed by atoms with Gasteiger partial charge >= 0.3 is 0 Å². The van der Waals surface area contributed by atoms with E-state index in [1.54, 1.807) is 0 Å². The Bertz CT molecular complexity index is 338. The van der Waals surface area contributed by atoms with Gasteiger partial charge in [-0.15, -0.1) is 0 Å². The lowest BCUT2D eigenvalue weighted by molar-refractivity contribution is -0.167. The first-order valence-corrected chi connectivity index (χ1v) is 7.28. The van der Waals surface area contributed by atoms with Gasteiger partial charge in [-0.1, -0.05) is 0 Å². The molecular weight excluding hydrogens is 242 g/mol. The fraction of sp³-hybridized carbons (Fsp3) is 1.00. The fourth-order valence-electron chi connectivity index (χ4n) is 3.78. The minimum atomic E-state index is -0.214. The number of nitrogens with zero attached hydrogens (tertiary/aromatic N) is 1. The fourth-order valence-corrected chi connectivity index (χ4v) is 3.78. The van der Waals surface area contributed by atoms with E-state index in [1.165, 1.54) is 0 Å². The average Bonchev–Trinajstić information content (AvgIpc) is 2.44. The Morgan fingerprint density at radius 3 is 2.21 bits per heavy atom. The molecule has 4 nitrogen and oxygen atoms in total. The Labute approximate surface area is 117 Å². The maximum atomic E-state index is 9.43. The van der Waals surface area contributed by atoms with E-state index >= 15 is 0 Å². The highest BCUT2D eigenvalue weighted by molar-refractivity contribution is 5.02. The van der Waals surface area contributed by atoms with E-state index in [4.69, 9.17) is 9.47 Å². The van der Waals surface area contributed by atoms with Crippen molar-refractivity contribution in [1.29, 1.82) is 0 Å². The van der Waals surface area contributed by atoms with Gasteiger partial charge in [0.1, 0.15) is 0 Å². The molecule has 19 heavy (non-hydrogen) atoms. The molecule has 0 bridgehead atoms. The third kappa shape index (κ3) is 3.30. The summed E-state index contributed by atoms with van der Waals surface area (Å²) in [6.45, 7) is 14.6. The van der Waals surface area contributed by atoms with Crippen LogP contribution in [0.25, 0.3) is 0 Å². The summed E-state index contributed by atoms with van der Waals surface area (Å²) < 4.78 is 12.1. The minimum absolute atomic E-state index is 0.0781. The summed E-state index contributed by atoms with van der Waals surface area (Å²) in [6.07, 6.45) is 0.928. The zero-order chi connectivity index (χ0) is 14.5. The van der Waals surface area contributed by atoms with Gasteiger partial charge < -0.3 is 14.6 Å². The lowest BCUT2D eigenvalue weighted by atomic mass is 9.90. The van der Waals surface area contributed by atoms with Crippen molar-refractivity contribution in [2.24, 2.45) is 0 Å². The van der Waals surface area contributed by atoms with Crippen molar-refractivity contribution in [3.05, 3.63) is 0 Å². The summed E-state index contributed by atoms with van der Waals surface area (Å²) in [5.41, 5.74) is -0.448. The molecule has 4 heteroatoms. The monoisotopic (exact) mass is 271 g/mol. The Morgan fingerprint density at radius 1 is 1.11 bits per heavy atom. The van der Waals surface area contributed by atoms with Gasteiger partial charge in [-0.05, 0) is 48.0 Å². The lowest BCUT2D eigenvalue weighted by Gasteiger charge is -2.47. The maximum absolute atomic E-state index is 9.43. The SMILES string of the molecule is CC1(C)CN(C2CC(C)(C)OC2(C)C)CC(CO)O1. The molecule has 2 unspecified atom stereocenters. The van der Waals surface area contributed by atoms with Crippen LogP contribution in [0.4, 0.5) is 0 Å². The molecule has 0 saturated carbocycles. The van der Waals surface area contributed by atoms with Gasteiger partial charge in [0.15, 0.2) is 0 Å². The third-order valence-electron chi connectivity index (χ3n) is 4.18. The van der Waals surface area contributed by atoms with E-state index < -0.39 is 0 Å². The predicted molar refractivity (Wildman–Crippen MR) is 75.3 cm³/mol. The molecule has 1 N–H and O–H groups in total. The Kier molecular flexibility index (Phi) is 3.76. The van der Waals surface area contributed by atoms with E-state index in [-0.39, 0.29) is 29.5 Å². The van der Waals surface area contributed by atoms with Gasteiger partial charge in [0, 0.05) is 19.1 Å². The van der Waals surface area contributed by atoms with Gasteiger partial charge in [0.2, 0.25) is 0 Å². The first-order chi connectivity index (χ1) is 8.55. The van der Waals surface area contributed by atoms with Crippen LogP contribution < -0.4 is 0 Å². The molecular formula is C15H29NO3. The van der Waals surface area contributed by atoms with Crippen LogP contribution in [0.3, 0.4) is 0 Å². The van der Waals surface area contributed by atoms with Gasteiger partial charge in [-0.25, -0.2) is 0 Å². The molecule has 2 saturated heterocycles. The van der Waals surface area contributed by atoms with Crippen LogP contribution in [-0.2, 0) is 9.47 Å². The van der Waals surface area contributed by atoms with Gasteiger partial charge in [0.25, 0.3) is 0 Å². The molecule has 0 aromatic carbocycles. The molecule has 2 atom stereocenters. The highest BCUT2D eigenvalue weighted by atomic mass is 16.5. The van der Waals surface area contributed by atoms with Crippen molar-refractivity contribution >= 4 is 0 Å². The van der Waals surface area contributed by atoms with E-state index in [0.717, 1.165) is 19.5 Å². The summed E-state index contributed by atoms with van der Waals surface area (Å²) in [7, 11) is 0. The van der Waals surface area contributed by atoms with Gasteiger partial charge in [-0.3, -0.25) is 4.90 Å². The van der Waals surface area contributed by atoms with Crippen molar-refractivity contribution in [2.75, 3.05) is 19.7 Å². The smallest absolute Gasteiger partial charge is 0.0940 e. The molecule has 0 radical (unpaired) electrons. The largest absolute Gasteiger partial charge is 0.394 e. The molecule has 0 amide bonds. The maximum Gasteiger partial charge on any atom is 0.0940 e. The quantitative estimate of drug-likeness (QED) is 0.831. The van der Waals surface area contributed by atoms with Crippen molar-refractivity contribution < 1.29 is 14.6 Å². The second-order valence-electron chi connectivity index (χ2n) is 7.80. The van der Waals surface area contributed by atoms with Crippen LogP contribution >= 0.6 is 0 Å². The number of morpholine rings is 1. The number of rotatable bonds is 2. The first kappa shape index (κ1) is 15.2. The van der Waals surface area contributed by atoms with Gasteiger partial charge in [-0.2, -0.15) is 0 Å². The number of hydrogen-bond donors (Lipinski definition) is 1. The molecule has 2 fully saturated rings. The van der Waals surface area contributed by atoms with E-state index in [2.05, 4.69) is 46.4 Å². The second-order valence-corrected chi connectivity index (χ2v) is 7.80. The zero-order valence-corrected chi connectivity index (χ0v) is 13.2. The van der Waals surface area contributed by atoms with Crippen LogP contribution in [0.1, 0.15) is 48.0 Å². The van der Waals surface area contributed by atoms with E-state index in [1.807, 2.05) is 0 Å². The Balaban J connectivity index is 2.16. The van der Waals surface area contributed by atoms with Crippen molar-refractivity contribution in [3.8, 4) is 0 Å². The Morgan fingerprint density at radius 2 is 1.74 bits per heavy atom. The molecule has 0 spiro atoms.